The van der Waals surface area contributed by atoms with Gasteiger partial charge >= 0.3 is 5.97 Å². The van der Waals surface area contributed by atoms with Crippen molar-refractivity contribution < 1.29 is 14.6 Å². The van der Waals surface area contributed by atoms with E-state index in [1.807, 2.05) is 11.8 Å². The molecule has 31 heavy (non-hydrogen) atoms. The first-order valence-electron chi connectivity index (χ1n) is 9.98. The molecule has 1 fully saturated rings. The Morgan fingerprint density at radius 1 is 1.26 bits per heavy atom. The molecule has 1 aromatic heterocycles. The number of benzene rings is 2. The number of hydrogen-bond acceptors (Lipinski definition) is 6. The normalized spacial score (nSPS) is 15.1. The number of rotatable bonds is 5. The minimum atomic E-state index is -1.02. The molecule has 4 rings (SSSR count). The van der Waals surface area contributed by atoms with Crippen LogP contribution in [0.25, 0.3) is 10.9 Å². The second kappa shape index (κ2) is 8.56. The molecule has 9 heteroatoms. The number of fused-ring (bicyclic) bond motifs is 1. The maximum absolute atomic E-state index is 13.1. The monoisotopic (exact) mass is 442 g/mol. The van der Waals surface area contributed by atoms with Crippen molar-refractivity contribution >= 4 is 40.1 Å². The highest BCUT2D eigenvalue weighted by molar-refractivity contribution is 6.31. The first kappa shape index (κ1) is 21.1. The number of carboxylic acids is 1. The van der Waals surface area contributed by atoms with Crippen molar-refractivity contribution in [3.8, 4) is 0 Å². The smallest absolute Gasteiger partial charge is 0.337 e. The van der Waals surface area contributed by atoms with Gasteiger partial charge in [-0.1, -0.05) is 23.7 Å². The van der Waals surface area contributed by atoms with Crippen LogP contribution in [0.4, 0.5) is 11.6 Å². The number of para-hydroxylation sites is 1. The molecule has 1 aliphatic heterocycles. The summed E-state index contributed by atoms with van der Waals surface area (Å²) in [7, 11) is 1.70. The van der Waals surface area contributed by atoms with Gasteiger partial charge < -0.3 is 20.1 Å². The Hall–Kier alpha value is -3.10. The van der Waals surface area contributed by atoms with Crippen LogP contribution < -0.4 is 15.8 Å². The van der Waals surface area contributed by atoms with Gasteiger partial charge in [0.25, 0.3) is 5.56 Å². The van der Waals surface area contributed by atoms with E-state index in [1.165, 1.54) is 10.6 Å². The predicted molar refractivity (Wildman–Crippen MR) is 120 cm³/mol. The van der Waals surface area contributed by atoms with Crippen molar-refractivity contribution in [2.24, 2.45) is 7.05 Å². The lowest BCUT2D eigenvalue weighted by atomic mass is 10.0. The fraction of sp³-hybridized carbons (Fsp3) is 0.318. The first-order chi connectivity index (χ1) is 14.9. The minimum Gasteiger partial charge on any atom is -0.478 e. The highest BCUT2D eigenvalue weighted by atomic mass is 35.5. The van der Waals surface area contributed by atoms with Gasteiger partial charge in [-0.2, -0.15) is 0 Å². The highest BCUT2D eigenvalue weighted by Gasteiger charge is 2.22. The fourth-order valence-electron chi connectivity index (χ4n) is 3.84. The molecule has 0 amide bonds. The molecule has 0 spiro atoms. The second-order valence-electron chi connectivity index (χ2n) is 7.48. The van der Waals surface area contributed by atoms with Crippen LogP contribution in [0.15, 0.2) is 41.2 Å². The van der Waals surface area contributed by atoms with Crippen molar-refractivity contribution in [1.82, 2.24) is 9.55 Å². The van der Waals surface area contributed by atoms with Crippen LogP contribution in [-0.2, 0) is 11.8 Å². The predicted octanol–water partition coefficient (Wildman–Crippen LogP) is 3.29. The van der Waals surface area contributed by atoms with E-state index in [4.69, 9.17) is 21.3 Å². The van der Waals surface area contributed by atoms with Gasteiger partial charge in [0.2, 0.25) is 5.95 Å². The van der Waals surface area contributed by atoms with E-state index in [1.54, 1.807) is 37.4 Å². The average molecular weight is 443 g/mol. The van der Waals surface area contributed by atoms with Gasteiger partial charge in [0.05, 0.1) is 35.7 Å². The fourth-order valence-corrected chi connectivity index (χ4v) is 4.06. The third-order valence-corrected chi connectivity index (χ3v) is 5.66. The highest BCUT2D eigenvalue weighted by Crippen LogP contribution is 2.30. The molecule has 2 heterocycles. The first-order valence-corrected chi connectivity index (χ1v) is 10.4. The molecule has 2 aromatic carbocycles. The molecule has 8 nitrogen and oxygen atoms in total. The van der Waals surface area contributed by atoms with Gasteiger partial charge in [-0.25, -0.2) is 9.78 Å². The molecular formula is C22H23ClN4O4. The Morgan fingerprint density at radius 2 is 1.97 bits per heavy atom. The molecular weight excluding hydrogens is 420 g/mol. The SMILES string of the molecule is C[C@@H](Nc1ccccc1C(=O)O)c1cc(Cl)cc2c(=O)n(C)c(N3CCOCC3)nc12. The standard InChI is InChI=1S/C22H23ClN4O4/c1-13(24-18-6-4-3-5-15(18)21(29)30)16-11-14(23)12-17-19(16)25-22(26(2)20(17)28)27-7-9-31-10-8-27/h3-6,11-13,24H,7-10H2,1-2H3,(H,29,30)/t13-/m1/s1. The molecule has 1 aliphatic rings. The molecule has 0 saturated carbocycles. The lowest BCUT2D eigenvalue weighted by Crippen LogP contribution is -2.40. The number of anilines is 2. The Morgan fingerprint density at radius 3 is 2.68 bits per heavy atom. The summed E-state index contributed by atoms with van der Waals surface area (Å²) in [6.45, 7) is 4.33. The number of aromatic nitrogens is 2. The van der Waals surface area contributed by atoms with Gasteiger partial charge in [-0.05, 0) is 31.2 Å². The quantitative estimate of drug-likeness (QED) is 0.625. The summed E-state index contributed by atoms with van der Waals surface area (Å²) < 4.78 is 6.95. The van der Waals surface area contributed by atoms with Crippen molar-refractivity contribution in [2.75, 3.05) is 36.5 Å². The Bertz CT molecular complexity index is 1200. The summed E-state index contributed by atoms with van der Waals surface area (Å²) in [5.41, 5.74) is 1.72. The van der Waals surface area contributed by atoms with Crippen LogP contribution in [0.5, 0.6) is 0 Å². The van der Waals surface area contributed by atoms with E-state index in [0.29, 0.717) is 53.9 Å². The molecule has 0 radical (unpaired) electrons. The van der Waals surface area contributed by atoms with E-state index >= 15 is 0 Å². The maximum atomic E-state index is 13.1. The summed E-state index contributed by atoms with van der Waals surface area (Å²) >= 11 is 6.34. The van der Waals surface area contributed by atoms with Crippen LogP contribution in [0.1, 0.15) is 28.9 Å². The van der Waals surface area contributed by atoms with Gasteiger partial charge in [0.1, 0.15) is 0 Å². The molecule has 2 N–H and O–H groups in total. The summed E-state index contributed by atoms with van der Waals surface area (Å²) in [4.78, 5) is 31.6. The minimum absolute atomic E-state index is 0.165. The largest absolute Gasteiger partial charge is 0.478 e. The van der Waals surface area contributed by atoms with Crippen LogP contribution in [0.2, 0.25) is 5.02 Å². The zero-order valence-electron chi connectivity index (χ0n) is 17.3. The number of nitrogens with one attached hydrogen (secondary N) is 1. The van der Waals surface area contributed by atoms with Gasteiger partial charge in [-0.15, -0.1) is 0 Å². The zero-order chi connectivity index (χ0) is 22.1. The average Bonchev–Trinajstić information content (AvgIpc) is 2.77. The lowest BCUT2D eigenvalue weighted by Gasteiger charge is -2.29. The number of carbonyl (C=O) groups is 1. The number of hydrogen-bond donors (Lipinski definition) is 2. The van der Waals surface area contributed by atoms with Crippen LogP contribution >= 0.6 is 11.6 Å². The number of aromatic carboxylic acids is 1. The molecule has 1 saturated heterocycles. The van der Waals surface area contributed by atoms with E-state index in [0.717, 1.165) is 5.56 Å². The molecule has 3 aromatic rings. The molecule has 162 valence electrons. The molecule has 0 bridgehead atoms. The van der Waals surface area contributed by atoms with E-state index in [2.05, 4.69) is 5.32 Å². The van der Waals surface area contributed by atoms with Crippen LogP contribution in [-0.4, -0.2) is 46.9 Å². The molecule has 1 atom stereocenters. The summed E-state index contributed by atoms with van der Waals surface area (Å²) in [5, 5.41) is 13.6. The van der Waals surface area contributed by atoms with E-state index < -0.39 is 5.97 Å². The Kier molecular flexibility index (Phi) is 5.84. The van der Waals surface area contributed by atoms with Crippen LogP contribution in [0, 0.1) is 0 Å². The third-order valence-electron chi connectivity index (χ3n) is 5.44. The Labute approximate surface area is 184 Å². The topological polar surface area (TPSA) is 96.7 Å². The lowest BCUT2D eigenvalue weighted by molar-refractivity contribution is 0.0698. The second-order valence-corrected chi connectivity index (χ2v) is 7.92. The van der Waals surface area contributed by atoms with Crippen molar-refractivity contribution in [2.45, 2.75) is 13.0 Å². The number of ether oxygens (including phenoxy) is 1. The van der Waals surface area contributed by atoms with Crippen molar-refractivity contribution in [1.29, 1.82) is 0 Å². The number of nitrogens with zero attached hydrogens (tertiary/aromatic N) is 3. The zero-order valence-corrected chi connectivity index (χ0v) is 18.0. The molecule has 0 aliphatic carbocycles. The van der Waals surface area contributed by atoms with Crippen LogP contribution in [0.3, 0.4) is 0 Å². The van der Waals surface area contributed by atoms with E-state index in [-0.39, 0.29) is 17.2 Å². The summed E-state index contributed by atoms with van der Waals surface area (Å²) in [5.74, 6) is -0.449. The Balaban J connectivity index is 1.83. The van der Waals surface area contributed by atoms with Crippen molar-refractivity contribution in [3.05, 3.63) is 62.9 Å². The number of carboxylic acid groups (broad SMARTS) is 1. The van der Waals surface area contributed by atoms with Crippen molar-refractivity contribution in [3.63, 3.8) is 0 Å². The molecule has 0 unspecified atom stereocenters. The van der Waals surface area contributed by atoms with E-state index in [9.17, 15) is 14.7 Å². The summed E-state index contributed by atoms with van der Waals surface area (Å²) in [6, 6.07) is 9.72. The van der Waals surface area contributed by atoms with Gasteiger partial charge in [0, 0.05) is 36.4 Å². The third kappa shape index (κ3) is 4.08. The number of halogens is 1. The number of morpholine rings is 1. The maximum Gasteiger partial charge on any atom is 0.337 e. The summed E-state index contributed by atoms with van der Waals surface area (Å²) in [6.07, 6.45) is 0. The van der Waals surface area contributed by atoms with Gasteiger partial charge in [0.15, 0.2) is 0 Å². The van der Waals surface area contributed by atoms with Gasteiger partial charge in [-0.3, -0.25) is 9.36 Å².